The summed E-state index contributed by atoms with van der Waals surface area (Å²) in [6.45, 7) is 2.01. The minimum Gasteiger partial charge on any atom is -0.515 e. The van der Waals surface area contributed by atoms with Crippen LogP contribution in [0.15, 0.2) is 17.9 Å². The molecule has 74 valence electrons. The number of ketones is 1. The molecular formula is C11H12O2S. The van der Waals surface area contributed by atoms with Crippen LogP contribution >= 0.6 is 11.3 Å². The van der Waals surface area contributed by atoms with Gasteiger partial charge in [0.2, 0.25) is 0 Å². The molecule has 3 heteroatoms. The number of carbonyl (C=O) groups excluding carboxylic acids is 1. The Balaban J connectivity index is 2.49. The number of aliphatic hydroxyl groups excluding tert-OH is 1. The Hall–Kier alpha value is -1.09. The smallest absolute Gasteiger partial charge is 0.193 e. The Kier molecular flexibility index (Phi) is 2.42. The topological polar surface area (TPSA) is 37.3 Å². The lowest BCUT2D eigenvalue weighted by Gasteiger charge is -1.97. The SMILES string of the molecule is Cc1cc2c(s1)CCCC(=CO)C2=O. The normalized spacial score (nSPS) is 19.5. The van der Waals surface area contributed by atoms with Gasteiger partial charge in [0.25, 0.3) is 0 Å². The lowest BCUT2D eigenvalue weighted by Crippen LogP contribution is -2.01. The highest BCUT2D eigenvalue weighted by Crippen LogP contribution is 2.30. The molecule has 0 radical (unpaired) electrons. The molecule has 0 fully saturated rings. The van der Waals surface area contributed by atoms with Crippen LogP contribution in [0.25, 0.3) is 0 Å². The summed E-state index contributed by atoms with van der Waals surface area (Å²) in [5.74, 6) is 0.00403. The molecule has 2 rings (SSSR count). The van der Waals surface area contributed by atoms with E-state index in [4.69, 9.17) is 5.11 Å². The molecule has 2 nitrogen and oxygen atoms in total. The van der Waals surface area contributed by atoms with Crippen molar-refractivity contribution in [1.82, 2.24) is 0 Å². The molecule has 1 aromatic rings. The molecule has 1 aliphatic rings. The lowest BCUT2D eigenvalue weighted by atomic mass is 10.1. The predicted molar refractivity (Wildman–Crippen MR) is 57.0 cm³/mol. The van der Waals surface area contributed by atoms with Crippen LogP contribution in [-0.2, 0) is 6.42 Å². The molecule has 0 bridgehead atoms. The molecule has 1 N–H and O–H groups in total. The summed E-state index contributed by atoms with van der Waals surface area (Å²) in [4.78, 5) is 14.2. The molecule has 0 spiro atoms. The zero-order valence-corrected chi connectivity index (χ0v) is 8.86. The largest absolute Gasteiger partial charge is 0.515 e. The van der Waals surface area contributed by atoms with Gasteiger partial charge in [0, 0.05) is 20.9 Å². The predicted octanol–water partition coefficient (Wildman–Crippen LogP) is 3.02. The third kappa shape index (κ3) is 1.48. The summed E-state index contributed by atoms with van der Waals surface area (Å²) in [6.07, 6.45) is 3.56. The summed E-state index contributed by atoms with van der Waals surface area (Å²) in [6, 6.07) is 1.93. The van der Waals surface area contributed by atoms with Gasteiger partial charge in [-0.25, -0.2) is 0 Å². The van der Waals surface area contributed by atoms with E-state index in [-0.39, 0.29) is 5.78 Å². The van der Waals surface area contributed by atoms with Crippen LogP contribution < -0.4 is 0 Å². The van der Waals surface area contributed by atoms with E-state index in [1.165, 1.54) is 9.75 Å². The Bertz CT molecular complexity index is 401. The van der Waals surface area contributed by atoms with Gasteiger partial charge in [-0.05, 0) is 32.3 Å². The Morgan fingerprint density at radius 3 is 3.00 bits per heavy atom. The third-order valence-electron chi connectivity index (χ3n) is 2.47. The second-order valence-corrected chi connectivity index (χ2v) is 4.87. The summed E-state index contributed by atoms with van der Waals surface area (Å²) >= 11 is 1.69. The van der Waals surface area contributed by atoms with Crippen molar-refractivity contribution in [3.8, 4) is 0 Å². The number of hydrogen-bond acceptors (Lipinski definition) is 3. The first kappa shape index (κ1) is 9.46. The molecule has 0 saturated carbocycles. The molecule has 0 atom stereocenters. The Morgan fingerprint density at radius 1 is 1.50 bits per heavy atom. The molecule has 0 aromatic carbocycles. The van der Waals surface area contributed by atoms with E-state index < -0.39 is 0 Å². The second-order valence-electron chi connectivity index (χ2n) is 3.53. The first-order chi connectivity index (χ1) is 6.72. The number of Topliss-reactive ketones (excluding diaryl/α,β-unsaturated/α-hetero) is 1. The van der Waals surface area contributed by atoms with Crippen LogP contribution in [0.5, 0.6) is 0 Å². The van der Waals surface area contributed by atoms with Crippen molar-refractivity contribution in [3.63, 3.8) is 0 Å². The van der Waals surface area contributed by atoms with Crippen LogP contribution in [0, 0.1) is 6.92 Å². The van der Waals surface area contributed by atoms with Gasteiger partial charge >= 0.3 is 0 Å². The Labute approximate surface area is 86.9 Å². The highest BCUT2D eigenvalue weighted by atomic mass is 32.1. The average Bonchev–Trinajstić information content (AvgIpc) is 2.47. The van der Waals surface area contributed by atoms with E-state index in [9.17, 15) is 4.79 Å². The summed E-state index contributed by atoms with van der Waals surface area (Å²) < 4.78 is 0. The molecule has 1 aromatic heterocycles. The minimum atomic E-state index is 0.00403. The quantitative estimate of drug-likeness (QED) is 0.404. The van der Waals surface area contributed by atoms with Crippen molar-refractivity contribution in [1.29, 1.82) is 0 Å². The zero-order chi connectivity index (χ0) is 10.1. The summed E-state index contributed by atoms with van der Waals surface area (Å²) in [5, 5.41) is 8.94. The summed E-state index contributed by atoms with van der Waals surface area (Å²) in [5.41, 5.74) is 1.34. The van der Waals surface area contributed by atoms with E-state index in [0.29, 0.717) is 12.0 Å². The number of carbonyl (C=O) groups is 1. The van der Waals surface area contributed by atoms with E-state index in [0.717, 1.165) is 24.7 Å². The van der Waals surface area contributed by atoms with Crippen LogP contribution in [0.4, 0.5) is 0 Å². The van der Waals surface area contributed by atoms with Gasteiger partial charge in [-0.1, -0.05) is 0 Å². The van der Waals surface area contributed by atoms with Gasteiger partial charge < -0.3 is 5.11 Å². The number of rotatable bonds is 0. The third-order valence-corrected chi connectivity index (χ3v) is 3.58. The lowest BCUT2D eigenvalue weighted by molar-refractivity contribution is 0.102. The zero-order valence-electron chi connectivity index (χ0n) is 8.04. The molecule has 1 aliphatic carbocycles. The van der Waals surface area contributed by atoms with Crippen molar-refractivity contribution in [3.05, 3.63) is 33.2 Å². The maximum absolute atomic E-state index is 11.9. The second kappa shape index (κ2) is 3.58. The van der Waals surface area contributed by atoms with Gasteiger partial charge in [0.05, 0.1) is 6.26 Å². The molecule has 0 aliphatic heterocycles. The van der Waals surface area contributed by atoms with Crippen molar-refractivity contribution in [2.24, 2.45) is 0 Å². The standard InChI is InChI=1S/C11H12O2S/c1-7-5-9-10(14-7)4-2-3-8(6-12)11(9)13/h5-6,12H,2-4H2,1H3. The number of thiophene rings is 1. The number of hydrogen-bond donors (Lipinski definition) is 1. The van der Waals surface area contributed by atoms with Crippen LogP contribution in [0.1, 0.15) is 33.0 Å². The van der Waals surface area contributed by atoms with E-state index >= 15 is 0 Å². The van der Waals surface area contributed by atoms with Crippen LogP contribution in [0.3, 0.4) is 0 Å². The van der Waals surface area contributed by atoms with Gasteiger partial charge in [0.1, 0.15) is 0 Å². The van der Waals surface area contributed by atoms with Gasteiger partial charge in [-0.15, -0.1) is 11.3 Å². The van der Waals surface area contributed by atoms with Crippen molar-refractivity contribution in [2.45, 2.75) is 26.2 Å². The number of allylic oxidation sites excluding steroid dienone is 1. The molecular weight excluding hydrogens is 196 g/mol. The summed E-state index contributed by atoms with van der Waals surface area (Å²) in [7, 11) is 0. The number of aliphatic hydroxyl groups is 1. The highest BCUT2D eigenvalue weighted by Gasteiger charge is 2.21. The minimum absolute atomic E-state index is 0.00403. The molecule has 0 unspecified atom stereocenters. The van der Waals surface area contributed by atoms with Crippen molar-refractivity contribution in [2.75, 3.05) is 0 Å². The fourth-order valence-corrected chi connectivity index (χ4v) is 2.86. The van der Waals surface area contributed by atoms with Gasteiger partial charge in [0.15, 0.2) is 5.78 Å². The first-order valence-corrected chi connectivity index (χ1v) is 5.51. The van der Waals surface area contributed by atoms with Gasteiger partial charge in [-0.2, -0.15) is 0 Å². The molecule has 0 saturated heterocycles. The average molecular weight is 208 g/mol. The van der Waals surface area contributed by atoms with Crippen molar-refractivity contribution >= 4 is 17.1 Å². The Morgan fingerprint density at radius 2 is 2.29 bits per heavy atom. The van der Waals surface area contributed by atoms with E-state index in [2.05, 4.69) is 0 Å². The maximum Gasteiger partial charge on any atom is 0.193 e. The first-order valence-electron chi connectivity index (χ1n) is 4.69. The van der Waals surface area contributed by atoms with Crippen LogP contribution in [0.2, 0.25) is 0 Å². The monoisotopic (exact) mass is 208 g/mol. The molecule has 14 heavy (non-hydrogen) atoms. The fraction of sp³-hybridized carbons (Fsp3) is 0.364. The molecule has 1 heterocycles. The van der Waals surface area contributed by atoms with Crippen molar-refractivity contribution < 1.29 is 9.90 Å². The maximum atomic E-state index is 11.9. The van der Waals surface area contributed by atoms with Crippen LogP contribution in [-0.4, -0.2) is 10.9 Å². The highest BCUT2D eigenvalue weighted by molar-refractivity contribution is 7.12. The van der Waals surface area contributed by atoms with E-state index in [1.54, 1.807) is 11.3 Å². The number of aryl methyl sites for hydroxylation is 2. The molecule has 0 amide bonds. The fourth-order valence-electron chi connectivity index (χ4n) is 1.79. The number of fused-ring (bicyclic) bond motifs is 1. The van der Waals surface area contributed by atoms with E-state index in [1.807, 2.05) is 13.0 Å². The van der Waals surface area contributed by atoms with Gasteiger partial charge in [-0.3, -0.25) is 4.79 Å².